The predicted molar refractivity (Wildman–Crippen MR) is 130 cm³/mol. The number of nitro benzene ring substituents is 1. The van der Waals surface area contributed by atoms with Crippen molar-refractivity contribution in [3.8, 4) is 33.9 Å². The zero-order valence-corrected chi connectivity index (χ0v) is 18.9. The molecule has 1 heterocycles. The molecule has 0 saturated carbocycles. The molecule has 0 saturated heterocycles. The molecule has 168 valence electrons. The fourth-order valence-electron chi connectivity index (χ4n) is 3.53. The number of benzene rings is 3. The average Bonchev–Trinajstić information content (AvgIpc) is 3.23. The summed E-state index contributed by atoms with van der Waals surface area (Å²) in [7, 11) is 0. The lowest BCUT2D eigenvalue weighted by Crippen LogP contribution is -2.09. The molecule has 6 nitrogen and oxygen atoms in total. The van der Waals surface area contributed by atoms with Gasteiger partial charge in [0.2, 0.25) is 0 Å². The number of nitrogens with one attached hydrogen (secondary N) is 2. The number of aromatic amines is 1. The summed E-state index contributed by atoms with van der Waals surface area (Å²) in [5, 5.41) is 15.1. The van der Waals surface area contributed by atoms with E-state index >= 15 is 0 Å². The molecule has 0 radical (unpaired) electrons. The van der Waals surface area contributed by atoms with Gasteiger partial charge in [-0.25, -0.2) is 9.37 Å². The first-order valence-corrected chi connectivity index (χ1v) is 10.9. The highest BCUT2D eigenvalue weighted by atomic mass is 35.5. The number of nitrogens with zero attached hydrogens (tertiary/aromatic N) is 2. The molecule has 0 atom stereocenters. The molecule has 0 aliphatic heterocycles. The van der Waals surface area contributed by atoms with E-state index in [1.807, 2.05) is 44.2 Å². The number of halogens is 2. The van der Waals surface area contributed by atoms with Gasteiger partial charge in [0.05, 0.1) is 26.9 Å². The Kier molecular flexibility index (Phi) is 6.42. The second-order valence-corrected chi connectivity index (χ2v) is 8.44. The van der Waals surface area contributed by atoms with Crippen molar-refractivity contribution in [3.63, 3.8) is 0 Å². The molecule has 3 aromatic carbocycles. The average molecular weight is 465 g/mol. The lowest BCUT2D eigenvalue weighted by atomic mass is 10.0. The molecule has 33 heavy (non-hydrogen) atoms. The van der Waals surface area contributed by atoms with E-state index in [-0.39, 0.29) is 22.1 Å². The van der Waals surface area contributed by atoms with Crippen LogP contribution in [0.2, 0.25) is 5.02 Å². The fourth-order valence-corrected chi connectivity index (χ4v) is 3.78. The number of aromatic nitrogens is 2. The minimum Gasteiger partial charge on any atom is -0.379 e. The summed E-state index contributed by atoms with van der Waals surface area (Å²) in [4.78, 5) is 19.2. The Bertz CT molecular complexity index is 1290. The maximum atomic E-state index is 14.6. The van der Waals surface area contributed by atoms with E-state index in [0.717, 1.165) is 5.56 Å². The van der Waals surface area contributed by atoms with Crippen LogP contribution in [0.5, 0.6) is 0 Å². The summed E-state index contributed by atoms with van der Waals surface area (Å²) in [5.41, 5.74) is 2.96. The van der Waals surface area contributed by atoms with Gasteiger partial charge in [-0.05, 0) is 24.1 Å². The van der Waals surface area contributed by atoms with Crippen LogP contribution in [0.4, 0.5) is 15.8 Å². The van der Waals surface area contributed by atoms with Crippen molar-refractivity contribution in [1.29, 1.82) is 0 Å². The number of hydrogen-bond acceptors (Lipinski definition) is 4. The van der Waals surface area contributed by atoms with Crippen molar-refractivity contribution in [2.24, 2.45) is 5.92 Å². The number of imidazole rings is 1. The Morgan fingerprint density at radius 3 is 2.52 bits per heavy atom. The quantitative estimate of drug-likeness (QED) is 0.224. The first-order chi connectivity index (χ1) is 15.8. The van der Waals surface area contributed by atoms with Gasteiger partial charge < -0.3 is 10.3 Å². The van der Waals surface area contributed by atoms with Gasteiger partial charge in [-0.1, -0.05) is 67.9 Å². The normalized spacial score (nSPS) is 11.1. The number of rotatable bonds is 7. The molecule has 1 aromatic heterocycles. The highest BCUT2D eigenvalue weighted by Gasteiger charge is 2.22. The Morgan fingerprint density at radius 1 is 1.09 bits per heavy atom. The molecule has 0 amide bonds. The van der Waals surface area contributed by atoms with E-state index in [4.69, 9.17) is 11.6 Å². The summed E-state index contributed by atoms with van der Waals surface area (Å²) >= 11 is 6.27. The third-order valence-corrected chi connectivity index (χ3v) is 5.45. The van der Waals surface area contributed by atoms with Crippen LogP contribution in [-0.4, -0.2) is 21.4 Å². The number of H-pyrrole nitrogens is 1. The predicted octanol–water partition coefficient (Wildman–Crippen LogP) is 7.18. The lowest BCUT2D eigenvalue weighted by Gasteiger charge is -2.11. The summed E-state index contributed by atoms with van der Waals surface area (Å²) in [6.07, 6.45) is 0. The van der Waals surface area contributed by atoms with Gasteiger partial charge in [0.1, 0.15) is 17.3 Å². The van der Waals surface area contributed by atoms with E-state index in [0.29, 0.717) is 35.1 Å². The Labute approximate surface area is 195 Å². The van der Waals surface area contributed by atoms with Gasteiger partial charge in [-0.3, -0.25) is 10.1 Å². The summed E-state index contributed by atoms with van der Waals surface area (Å²) in [6, 6.07) is 18.7. The molecular weight excluding hydrogens is 443 g/mol. The first kappa shape index (κ1) is 22.5. The topological polar surface area (TPSA) is 83.8 Å². The molecule has 0 fully saturated rings. The maximum Gasteiger partial charge on any atom is 0.292 e. The van der Waals surface area contributed by atoms with Crippen LogP contribution in [0.3, 0.4) is 0 Å². The summed E-state index contributed by atoms with van der Waals surface area (Å²) in [6.45, 7) is 4.66. The molecule has 0 spiro atoms. The van der Waals surface area contributed by atoms with E-state index in [1.165, 1.54) is 18.2 Å². The molecule has 4 aromatic rings. The minimum atomic E-state index is -0.512. The third-order valence-electron chi connectivity index (χ3n) is 5.13. The molecule has 0 unspecified atom stereocenters. The van der Waals surface area contributed by atoms with E-state index in [9.17, 15) is 14.5 Å². The van der Waals surface area contributed by atoms with Crippen LogP contribution < -0.4 is 5.32 Å². The second kappa shape index (κ2) is 9.42. The van der Waals surface area contributed by atoms with Crippen molar-refractivity contribution >= 4 is 23.0 Å². The molecule has 0 aliphatic carbocycles. The maximum absolute atomic E-state index is 14.6. The number of nitro groups is 1. The highest BCUT2D eigenvalue weighted by molar-refractivity contribution is 6.33. The Balaban J connectivity index is 1.89. The fraction of sp³-hybridized carbons (Fsp3) is 0.160. The molecule has 8 heteroatoms. The zero-order valence-electron chi connectivity index (χ0n) is 18.1. The molecular formula is C25H22ClFN4O2. The number of hydrogen-bond donors (Lipinski definition) is 2. The highest BCUT2D eigenvalue weighted by Crippen LogP contribution is 2.38. The van der Waals surface area contributed by atoms with Gasteiger partial charge in [0.25, 0.3) is 5.69 Å². The smallest absolute Gasteiger partial charge is 0.292 e. The van der Waals surface area contributed by atoms with Crippen molar-refractivity contribution in [1.82, 2.24) is 9.97 Å². The summed E-state index contributed by atoms with van der Waals surface area (Å²) < 4.78 is 14.6. The van der Waals surface area contributed by atoms with Crippen LogP contribution in [0.15, 0.2) is 66.7 Å². The standard InChI is InChI=1S/C25H22ClFN4O2/c1-15(2)14-28-20-12-11-17(13-21(20)31(32)33)24-23(16-7-4-3-5-8-16)29-25(30-24)22-18(26)9-6-10-19(22)27/h3-13,15,28H,14H2,1-2H3,(H,29,30). The first-order valence-electron chi connectivity index (χ1n) is 10.5. The third kappa shape index (κ3) is 4.73. The Morgan fingerprint density at radius 2 is 1.85 bits per heavy atom. The second-order valence-electron chi connectivity index (χ2n) is 8.04. The van der Waals surface area contributed by atoms with Gasteiger partial charge >= 0.3 is 0 Å². The Hall–Kier alpha value is -3.71. The number of anilines is 1. The van der Waals surface area contributed by atoms with Crippen LogP contribution in [0.1, 0.15) is 13.8 Å². The molecule has 2 N–H and O–H groups in total. The SMILES string of the molecule is CC(C)CNc1ccc(-c2[nH]c(-c3c(F)cccc3Cl)nc2-c2ccccc2)cc1[N+](=O)[O-]. The van der Waals surface area contributed by atoms with Crippen LogP contribution in [0, 0.1) is 21.8 Å². The zero-order chi connectivity index (χ0) is 23.5. The van der Waals surface area contributed by atoms with Gasteiger partial charge in [0, 0.05) is 23.7 Å². The van der Waals surface area contributed by atoms with Crippen molar-refractivity contribution in [2.45, 2.75) is 13.8 Å². The summed E-state index contributed by atoms with van der Waals surface area (Å²) in [5.74, 6) is 0.0629. The van der Waals surface area contributed by atoms with Crippen LogP contribution in [0.25, 0.3) is 33.9 Å². The van der Waals surface area contributed by atoms with Gasteiger partial charge in [0.15, 0.2) is 0 Å². The van der Waals surface area contributed by atoms with Gasteiger partial charge in [-0.2, -0.15) is 0 Å². The molecule has 4 rings (SSSR count). The van der Waals surface area contributed by atoms with E-state index in [2.05, 4.69) is 15.3 Å². The molecule has 0 aliphatic rings. The minimum absolute atomic E-state index is 0.0489. The van der Waals surface area contributed by atoms with Crippen LogP contribution >= 0.6 is 11.6 Å². The largest absolute Gasteiger partial charge is 0.379 e. The lowest BCUT2D eigenvalue weighted by molar-refractivity contribution is -0.383. The molecule has 0 bridgehead atoms. The monoisotopic (exact) mass is 464 g/mol. The van der Waals surface area contributed by atoms with E-state index < -0.39 is 10.7 Å². The van der Waals surface area contributed by atoms with Crippen LogP contribution in [-0.2, 0) is 0 Å². The van der Waals surface area contributed by atoms with Crippen molar-refractivity contribution in [2.75, 3.05) is 11.9 Å². The van der Waals surface area contributed by atoms with E-state index in [1.54, 1.807) is 18.2 Å². The van der Waals surface area contributed by atoms with Crippen molar-refractivity contribution in [3.05, 3.63) is 87.7 Å². The van der Waals surface area contributed by atoms with Crippen molar-refractivity contribution < 1.29 is 9.31 Å². The van der Waals surface area contributed by atoms with Gasteiger partial charge in [-0.15, -0.1) is 0 Å².